The van der Waals surface area contributed by atoms with E-state index in [0.717, 1.165) is 36.3 Å². The molecule has 0 saturated heterocycles. The third-order valence-corrected chi connectivity index (χ3v) is 8.69. The Morgan fingerprint density at radius 3 is 2.61 bits per heavy atom. The van der Waals surface area contributed by atoms with Gasteiger partial charge in [0.2, 0.25) is 0 Å². The Kier molecular flexibility index (Phi) is 7.30. The first-order chi connectivity index (χ1) is 14.3. The molecule has 3 heteroatoms. The predicted octanol–water partition coefficient (Wildman–Crippen LogP) is 6.09. The summed E-state index contributed by atoms with van der Waals surface area (Å²) >= 11 is 0. The number of aliphatic hydroxyl groups excluding tert-OH is 1. The van der Waals surface area contributed by atoms with Gasteiger partial charge in [-0.2, -0.15) is 0 Å². The topological polar surface area (TPSA) is 60.7 Å². The van der Waals surface area contributed by atoms with E-state index in [1.165, 1.54) is 32.1 Å². The van der Waals surface area contributed by atoms with Gasteiger partial charge in [0, 0.05) is 12.8 Å². The lowest BCUT2D eigenvalue weighted by atomic mass is 9.60. The van der Waals surface area contributed by atoms with Crippen LogP contribution in [0.4, 0.5) is 0 Å². The van der Waals surface area contributed by atoms with Gasteiger partial charge in [0.25, 0.3) is 0 Å². The van der Waals surface area contributed by atoms with Gasteiger partial charge >= 0.3 is 0 Å². The highest BCUT2D eigenvalue weighted by Gasteiger charge is 2.50. The van der Waals surface area contributed by atoms with Crippen LogP contribution in [0.25, 0.3) is 0 Å². The van der Waals surface area contributed by atoms with Gasteiger partial charge in [-0.25, -0.2) is 0 Å². The lowest BCUT2D eigenvalue weighted by molar-refractivity contribution is 0.00361. The molecule has 3 aliphatic carbocycles. The van der Waals surface area contributed by atoms with E-state index >= 15 is 0 Å². The van der Waals surface area contributed by atoms with E-state index in [2.05, 4.69) is 32.6 Å². The van der Waals surface area contributed by atoms with Crippen LogP contribution >= 0.6 is 0 Å². The summed E-state index contributed by atoms with van der Waals surface area (Å²) in [5.41, 5.74) is 2.27. The molecule has 176 valence electrons. The van der Waals surface area contributed by atoms with Crippen molar-refractivity contribution in [3.63, 3.8) is 0 Å². The zero-order chi connectivity index (χ0) is 23.0. The minimum absolute atomic E-state index is 0.366. The average Bonchev–Trinajstić information content (AvgIpc) is 2.99. The molecule has 0 radical (unpaired) electrons. The van der Waals surface area contributed by atoms with Gasteiger partial charge in [-0.1, -0.05) is 51.0 Å². The molecule has 3 saturated carbocycles. The number of fused-ring (bicyclic) bond motifs is 1. The van der Waals surface area contributed by atoms with Gasteiger partial charge in [-0.05, 0) is 93.6 Å². The third kappa shape index (κ3) is 5.72. The maximum atomic E-state index is 10.5. The minimum atomic E-state index is -0.858. The summed E-state index contributed by atoms with van der Waals surface area (Å²) in [6.07, 6.45) is 14.2. The molecule has 0 aromatic carbocycles. The van der Waals surface area contributed by atoms with Crippen LogP contribution in [0, 0.1) is 23.2 Å². The SMILES string of the molecule is C=C1C(=CC=C2CCC[C@@]3(C)C2CCC3[C@@H](C)CCCC(C)(C)O)C[C@@](C)(O)C[C@H]1O. The van der Waals surface area contributed by atoms with E-state index in [4.69, 9.17) is 0 Å². The summed E-state index contributed by atoms with van der Waals surface area (Å²) < 4.78 is 0. The van der Waals surface area contributed by atoms with Crippen LogP contribution in [-0.2, 0) is 0 Å². The van der Waals surface area contributed by atoms with E-state index in [1.807, 2.05) is 20.8 Å². The van der Waals surface area contributed by atoms with Crippen LogP contribution in [0.15, 0.2) is 35.5 Å². The first-order valence-corrected chi connectivity index (χ1v) is 12.5. The number of allylic oxidation sites excluding steroid dienone is 3. The van der Waals surface area contributed by atoms with Crippen molar-refractivity contribution in [2.24, 2.45) is 23.2 Å². The fourth-order valence-corrected chi connectivity index (χ4v) is 7.00. The molecule has 2 unspecified atom stereocenters. The maximum absolute atomic E-state index is 10.5. The van der Waals surface area contributed by atoms with Crippen molar-refractivity contribution in [1.82, 2.24) is 0 Å². The summed E-state index contributed by atoms with van der Waals surface area (Å²) in [7, 11) is 0. The smallest absolute Gasteiger partial charge is 0.0814 e. The highest BCUT2D eigenvalue weighted by Crippen LogP contribution is 2.60. The van der Waals surface area contributed by atoms with Gasteiger partial charge in [0.1, 0.15) is 0 Å². The molecule has 3 rings (SSSR count). The van der Waals surface area contributed by atoms with Crippen LogP contribution in [-0.4, -0.2) is 32.6 Å². The van der Waals surface area contributed by atoms with Gasteiger partial charge in [-0.3, -0.25) is 0 Å². The zero-order valence-corrected chi connectivity index (χ0v) is 20.6. The molecule has 3 nitrogen and oxygen atoms in total. The van der Waals surface area contributed by atoms with Crippen LogP contribution in [0.5, 0.6) is 0 Å². The van der Waals surface area contributed by atoms with E-state index in [9.17, 15) is 15.3 Å². The minimum Gasteiger partial charge on any atom is -0.390 e. The average molecular weight is 431 g/mol. The second-order valence-corrected chi connectivity index (χ2v) is 12.1. The Hall–Kier alpha value is -0.900. The number of rotatable bonds is 6. The molecule has 0 spiro atoms. The second kappa shape index (κ2) is 9.15. The Balaban J connectivity index is 1.72. The summed E-state index contributed by atoms with van der Waals surface area (Å²) in [6.45, 7) is 14.7. The van der Waals surface area contributed by atoms with Crippen molar-refractivity contribution in [1.29, 1.82) is 0 Å². The van der Waals surface area contributed by atoms with Crippen molar-refractivity contribution in [3.05, 3.63) is 35.5 Å². The Morgan fingerprint density at radius 1 is 1.23 bits per heavy atom. The van der Waals surface area contributed by atoms with Gasteiger partial charge in [0.15, 0.2) is 0 Å². The molecule has 3 fully saturated rings. The van der Waals surface area contributed by atoms with Crippen molar-refractivity contribution in [3.8, 4) is 0 Å². The Labute approximate surface area is 190 Å². The highest BCUT2D eigenvalue weighted by molar-refractivity contribution is 5.39. The number of hydrogen-bond acceptors (Lipinski definition) is 3. The largest absolute Gasteiger partial charge is 0.390 e. The van der Waals surface area contributed by atoms with Crippen LogP contribution in [0.1, 0.15) is 98.8 Å². The van der Waals surface area contributed by atoms with Crippen molar-refractivity contribution < 1.29 is 15.3 Å². The number of hydrogen-bond donors (Lipinski definition) is 3. The van der Waals surface area contributed by atoms with E-state index in [-0.39, 0.29) is 0 Å². The lowest BCUT2D eigenvalue weighted by Crippen LogP contribution is -2.37. The van der Waals surface area contributed by atoms with E-state index in [1.54, 1.807) is 5.57 Å². The summed E-state index contributed by atoms with van der Waals surface area (Å²) in [4.78, 5) is 0. The van der Waals surface area contributed by atoms with Crippen molar-refractivity contribution >= 4 is 0 Å². The van der Waals surface area contributed by atoms with Crippen LogP contribution in [0.3, 0.4) is 0 Å². The van der Waals surface area contributed by atoms with Crippen molar-refractivity contribution in [2.75, 3.05) is 0 Å². The molecule has 0 amide bonds. The zero-order valence-electron chi connectivity index (χ0n) is 20.6. The molecule has 0 heterocycles. The molecular weight excluding hydrogens is 384 g/mol. The molecule has 0 bridgehead atoms. The molecular formula is C28H46O3. The lowest BCUT2D eigenvalue weighted by Gasteiger charge is -2.44. The summed E-state index contributed by atoms with van der Waals surface area (Å²) in [5.74, 6) is 2.09. The first-order valence-electron chi connectivity index (χ1n) is 12.5. The van der Waals surface area contributed by atoms with E-state index in [0.29, 0.717) is 30.1 Å². The van der Waals surface area contributed by atoms with Crippen LogP contribution in [0.2, 0.25) is 0 Å². The molecule has 6 atom stereocenters. The quantitative estimate of drug-likeness (QED) is 0.477. The van der Waals surface area contributed by atoms with Crippen LogP contribution < -0.4 is 0 Å². The molecule has 3 aliphatic rings. The summed E-state index contributed by atoms with van der Waals surface area (Å²) in [6, 6.07) is 0. The molecule has 0 aromatic heterocycles. The molecule has 3 N–H and O–H groups in total. The van der Waals surface area contributed by atoms with Gasteiger partial charge in [0.05, 0.1) is 17.3 Å². The molecule has 31 heavy (non-hydrogen) atoms. The molecule has 0 aromatic rings. The second-order valence-electron chi connectivity index (χ2n) is 12.1. The van der Waals surface area contributed by atoms with Gasteiger partial charge < -0.3 is 15.3 Å². The van der Waals surface area contributed by atoms with Crippen molar-refractivity contribution in [2.45, 2.75) is 116 Å². The maximum Gasteiger partial charge on any atom is 0.0814 e. The van der Waals surface area contributed by atoms with Gasteiger partial charge in [-0.15, -0.1) is 0 Å². The van der Waals surface area contributed by atoms with E-state index < -0.39 is 17.3 Å². The fourth-order valence-electron chi connectivity index (χ4n) is 7.00. The first kappa shape index (κ1) is 24.7. The third-order valence-electron chi connectivity index (χ3n) is 8.69. The standard InChI is InChI=1S/C28H46O3/c1-19(9-7-15-26(3,4)30)23-13-14-24-21(10-8-16-28(23,24)6)11-12-22-17-27(5,31)18-25(29)20(22)2/h11-12,19,23-25,29-31H,2,7-10,13-18H2,1,3-6H3/t19-,23?,24?,25+,27+,28+/m0/s1. The summed E-state index contributed by atoms with van der Waals surface area (Å²) in [5, 5.41) is 30.8. The molecule has 0 aliphatic heterocycles. The number of aliphatic hydroxyl groups is 3. The normalized spacial score (nSPS) is 40.4. The Bertz CT molecular complexity index is 723. The fraction of sp³-hybridized carbons (Fsp3) is 0.786. The Morgan fingerprint density at radius 2 is 1.94 bits per heavy atom. The highest BCUT2D eigenvalue weighted by atomic mass is 16.3. The monoisotopic (exact) mass is 430 g/mol. The predicted molar refractivity (Wildman–Crippen MR) is 129 cm³/mol.